The zero-order valence-electron chi connectivity index (χ0n) is 18.0. The molecule has 1 aromatic carbocycles. The van der Waals surface area contributed by atoms with Crippen molar-refractivity contribution in [1.29, 1.82) is 0 Å². The van der Waals surface area contributed by atoms with Gasteiger partial charge in [0.15, 0.2) is 5.11 Å². The quantitative estimate of drug-likeness (QED) is 0.675. The Morgan fingerprint density at radius 2 is 1.93 bits per heavy atom. The molecule has 1 aliphatic rings. The number of pyridine rings is 1. The lowest BCUT2D eigenvalue weighted by Gasteiger charge is -2.31. The fourth-order valence-electron chi connectivity index (χ4n) is 4.03. The van der Waals surface area contributed by atoms with Gasteiger partial charge >= 0.3 is 0 Å². The van der Waals surface area contributed by atoms with Crippen LogP contribution >= 0.6 is 12.2 Å². The molecule has 1 aliphatic carbocycles. The standard InChI is InChI=1S/C23H34N4OS/c1-17-10-11-18-15-19(22(28)25-21(18)14-17)16-27(13-7-12-26(2)3)23(29)24-20-8-5-4-6-9-20/h10-11,14-15,20H,4-9,12-13,16H2,1-3H3,(H,24,29)(H,25,28). The van der Waals surface area contributed by atoms with Crippen molar-refractivity contribution in [3.8, 4) is 0 Å². The summed E-state index contributed by atoms with van der Waals surface area (Å²) in [4.78, 5) is 20.1. The first-order chi connectivity index (χ1) is 13.9. The Bertz CT molecular complexity index is 886. The SMILES string of the molecule is Cc1ccc2cc(CN(CCCN(C)C)C(=S)NC3CCCCC3)c(=O)[nH]c2c1. The highest BCUT2D eigenvalue weighted by Gasteiger charge is 2.18. The lowest BCUT2D eigenvalue weighted by Crippen LogP contribution is -2.46. The second-order valence-corrected chi connectivity index (χ2v) is 8.96. The zero-order valence-corrected chi connectivity index (χ0v) is 18.8. The average Bonchev–Trinajstić information content (AvgIpc) is 2.68. The minimum absolute atomic E-state index is 0.0267. The number of benzene rings is 1. The van der Waals surface area contributed by atoms with Gasteiger partial charge in [-0.2, -0.15) is 0 Å². The van der Waals surface area contributed by atoms with E-state index in [-0.39, 0.29) is 5.56 Å². The fourth-order valence-corrected chi connectivity index (χ4v) is 4.35. The van der Waals surface area contributed by atoms with Gasteiger partial charge in [0.1, 0.15) is 0 Å². The van der Waals surface area contributed by atoms with Crippen molar-refractivity contribution >= 4 is 28.2 Å². The first kappa shape index (κ1) is 21.8. The van der Waals surface area contributed by atoms with Crippen LogP contribution in [0.4, 0.5) is 0 Å². The number of rotatable bonds is 7. The molecular formula is C23H34N4OS. The largest absolute Gasteiger partial charge is 0.360 e. The summed E-state index contributed by atoms with van der Waals surface area (Å²) in [6.45, 7) is 4.40. The molecule has 0 saturated heterocycles. The van der Waals surface area contributed by atoms with E-state index in [4.69, 9.17) is 12.2 Å². The van der Waals surface area contributed by atoms with Crippen LogP contribution in [0.15, 0.2) is 29.1 Å². The van der Waals surface area contributed by atoms with Crippen LogP contribution in [0.1, 0.15) is 49.7 Å². The molecule has 6 heteroatoms. The van der Waals surface area contributed by atoms with Crippen molar-refractivity contribution in [2.24, 2.45) is 0 Å². The maximum atomic E-state index is 12.7. The highest BCUT2D eigenvalue weighted by Crippen LogP contribution is 2.18. The Morgan fingerprint density at radius 3 is 2.66 bits per heavy atom. The van der Waals surface area contributed by atoms with Crippen LogP contribution in [0, 0.1) is 6.92 Å². The smallest absolute Gasteiger partial charge is 0.253 e. The molecule has 2 N–H and O–H groups in total. The molecule has 0 radical (unpaired) electrons. The van der Waals surface area contributed by atoms with Gasteiger partial charge in [-0.15, -0.1) is 0 Å². The number of thiocarbonyl (C=S) groups is 1. The maximum absolute atomic E-state index is 12.7. The molecule has 0 aliphatic heterocycles. The van der Waals surface area contributed by atoms with Crippen molar-refractivity contribution in [3.63, 3.8) is 0 Å². The summed E-state index contributed by atoms with van der Waals surface area (Å²) < 4.78 is 0. The third-order valence-electron chi connectivity index (χ3n) is 5.69. The molecule has 5 nitrogen and oxygen atoms in total. The van der Waals surface area contributed by atoms with Gasteiger partial charge in [-0.05, 0) is 82.1 Å². The zero-order chi connectivity index (χ0) is 20.8. The molecule has 0 amide bonds. The number of hydrogen-bond acceptors (Lipinski definition) is 3. The number of fused-ring (bicyclic) bond motifs is 1. The van der Waals surface area contributed by atoms with E-state index in [1.165, 1.54) is 32.1 Å². The molecule has 0 unspecified atom stereocenters. The minimum atomic E-state index is -0.0267. The van der Waals surface area contributed by atoms with E-state index in [2.05, 4.69) is 46.3 Å². The summed E-state index contributed by atoms with van der Waals surface area (Å²) in [6.07, 6.45) is 7.23. The van der Waals surface area contributed by atoms with Crippen LogP contribution in [0.25, 0.3) is 10.9 Å². The van der Waals surface area contributed by atoms with Crippen molar-refractivity contribution in [3.05, 3.63) is 45.7 Å². The van der Waals surface area contributed by atoms with E-state index in [0.717, 1.165) is 46.7 Å². The van der Waals surface area contributed by atoms with Crippen molar-refractivity contribution in [2.75, 3.05) is 27.2 Å². The van der Waals surface area contributed by atoms with Gasteiger partial charge in [-0.25, -0.2) is 0 Å². The van der Waals surface area contributed by atoms with Gasteiger partial charge in [0.25, 0.3) is 5.56 Å². The molecule has 3 rings (SSSR count). The molecule has 29 heavy (non-hydrogen) atoms. The van der Waals surface area contributed by atoms with Crippen LogP contribution in [0.5, 0.6) is 0 Å². The Balaban J connectivity index is 1.76. The second-order valence-electron chi connectivity index (χ2n) is 8.58. The van der Waals surface area contributed by atoms with E-state index in [9.17, 15) is 4.79 Å². The molecule has 1 saturated carbocycles. The van der Waals surface area contributed by atoms with Crippen molar-refractivity contribution < 1.29 is 0 Å². The summed E-state index contributed by atoms with van der Waals surface area (Å²) in [5.74, 6) is 0. The van der Waals surface area contributed by atoms with Crippen LogP contribution in [-0.2, 0) is 6.54 Å². The first-order valence-corrected chi connectivity index (χ1v) is 11.2. The van der Waals surface area contributed by atoms with Gasteiger partial charge in [0, 0.05) is 23.7 Å². The number of aromatic amines is 1. The molecule has 0 bridgehead atoms. The molecule has 2 aromatic rings. The minimum Gasteiger partial charge on any atom is -0.360 e. The second kappa shape index (κ2) is 10.2. The first-order valence-electron chi connectivity index (χ1n) is 10.7. The Morgan fingerprint density at radius 1 is 1.17 bits per heavy atom. The average molecular weight is 415 g/mol. The van der Waals surface area contributed by atoms with Gasteiger partial charge in [0.2, 0.25) is 0 Å². The van der Waals surface area contributed by atoms with Crippen LogP contribution in [-0.4, -0.2) is 53.1 Å². The Labute approximate surface area is 179 Å². The number of H-pyrrole nitrogens is 1. The summed E-state index contributed by atoms with van der Waals surface area (Å²) in [5, 5.41) is 5.41. The van der Waals surface area contributed by atoms with E-state index in [0.29, 0.717) is 12.6 Å². The number of aryl methyl sites for hydroxylation is 1. The lowest BCUT2D eigenvalue weighted by molar-refractivity contribution is 0.330. The highest BCUT2D eigenvalue weighted by atomic mass is 32.1. The third kappa shape index (κ3) is 6.28. The van der Waals surface area contributed by atoms with E-state index >= 15 is 0 Å². The molecular weight excluding hydrogens is 380 g/mol. The topological polar surface area (TPSA) is 51.4 Å². The summed E-state index contributed by atoms with van der Waals surface area (Å²) >= 11 is 5.78. The number of nitrogens with one attached hydrogen (secondary N) is 2. The van der Waals surface area contributed by atoms with Crippen LogP contribution in [0.2, 0.25) is 0 Å². The predicted octanol–water partition coefficient (Wildman–Crippen LogP) is 3.80. The molecule has 1 fully saturated rings. The normalized spacial score (nSPS) is 15.0. The monoisotopic (exact) mass is 414 g/mol. The summed E-state index contributed by atoms with van der Waals surface area (Å²) in [5.41, 5.74) is 2.77. The molecule has 0 spiro atoms. The molecule has 158 valence electrons. The molecule has 1 heterocycles. The number of hydrogen-bond donors (Lipinski definition) is 2. The fraction of sp³-hybridized carbons (Fsp3) is 0.565. The van der Waals surface area contributed by atoms with Crippen LogP contribution in [0.3, 0.4) is 0 Å². The van der Waals surface area contributed by atoms with Gasteiger partial charge in [-0.1, -0.05) is 31.4 Å². The molecule has 0 atom stereocenters. The summed E-state index contributed by atoms with van der Waals surface area (Å²) in [7, 11) is 4.16. The Kier molecular flexibility index (Phi) is 7.67. The van der Waals surface area contributed by atoms with Crippen molar-refractivity contribution in [2.45, 2.75) is 58.0 Å². The highest BCUT2D eigenvalue weighted by molar-refractivity contribution is 7.80. The molecule has 1 aromatic heterocycles. The van der Waals surface area contributed by atoms with Crippen LogP contribution < -0.4 is 10.9 Å². The third-order valence-corrected chi connectivity index (χ3v) is 6.07. The van der Waals surface area contributed by atoms with Gasteiger partial charge < -0.3 is 20.1 Å². The number of nitrogens with zero attached hydrogens (tertiary/aromatic N) is 2. The van der Waals surface area contributed by atoms with E-state index in [1.54, 1.807) is 0 Å². The van der Waals surface area contributed by atoms with Gasteiger partial charge in [-0.3, -0.25) is 4.79 Å². The Hall–Kier alpha value is -1.92. The van der Waals surface area contributed by atoms with E-state index < -0.39 is 0 Å². The predicted molar refractivity (Wildman–Crippen MR) is 125 cm³/mol. The summed E-state index contributed by atoms with van der Waals surface area (Å²) in [6, 6.07) is 8.64. The van der Waals surface area contributed by atoms with E-state index in [1.807, 2.05) is 19.1 Å². The van der Waals surface area contributed by atoms with Gasteiger partial charge in [0.05, 0.1) is 6.54 Å². The number of aromatic nitrogens is 1. The lowest BCUT2D eigenvalue weighted by atomic mass is 9.96. The van der Waals surface area contributed by atoms with Crippen molar-refractivity contribution in [1.82, 2.24) is 20.1 Å². The maximum Gasteiger partial charge on any atom is 0.253 e.